The molecule has 0 bridgehead atoms. The molecule has 0 aliphatic carbocycles. The fourth-order valence-corrected chi connectivity index (χ4v) is 1.26. The quantitative estimate of drug-likeness (QED) is 0.803. The Morgan fingerprint density at radius 1 is 1.57 bits per heavy atom. The number of hydrogen-bond acceptors (Lipinski definition) is 3. The van der Waals surface area contributed by atoms with Crippen LogP contribution in [-0.2, 0) is 4.79 Å². The van der Waals surface area contributed by atoms with Gasteiger partial charge in [-0.25, -0.2) is 4.79 Å². The van der Waals surface area contributed by atoms with E-state index in [4.69, 9.17) is 21.4 Å². The fourth-order valence-electron chi connectivity index (χ4n) is 0.995. The standard InChI is InChI=1S/C9H9ClO4/c1-14-7-3-2-5(4-6(7)10)8(11)9(12)13/h2-4,8,11H,1H3,(H,12,13). The summed E-state index contributed by atoms with van der Waals surface area (Å²) in [5.41, 5.74) is 0.225. The molecular formula is C9H9ClO4. The maximum absolute atomic E-state index is 10.4. The van der Waals surface area contributed by atoms with E-state index >= 15 is 0 Å². The number of carbonyl (C=O) groups is 1. The number of halogens is 1. The average Bonchev–Trinajstić information content (AvgIpc) is 2.16. The highest BCUT2D eigenvalue weighted by molar-refractivity contribution is 6.32. The minimum Gasteiger partial charge on any atom is -0.495 e. The first-order valence-electron chi connectivity index (χ1n) is 3.80. The number of hydrogen-bond donors (Lipinski definition) is 2. The number of carboxylic acids is 1. The zero-order valence-corrected chi connectivity index (χ0v) is 8.15. The van der Waals surface area contributed by atoms with E-state index in [9.17, 15) is 9.90 Å². The van der Waals surface area contributed by atoms with Gasteiger partial charge in [0.25, 0.3) is 0 Å². The van der Waals surface area contributed by atoms with Crippen molar-refractivity contribution in [3.8, 4) is 5.75 Å². The maximum atomic E-state index is 10.4. The molecule has 1 atom stereocenters. The van der Waals surface area contributed by atoms with Crippen LogP contribution in [0.3, 0.4) is 0 Å². The lowest BCUT2D eigenvalue weighted by atomic mass is 10.1. The first kappa shape index (κ1) is 10.8. The van der Waals surface area contributed by atoms with Gasteiger partial charge in [0.1, 0.15) is 5.75 Å². The number of aliphatic carboxylic acids is 1. The maximum Gasteiger partial charge on any atom is 0.337 e. The molecule has 0 saturated heterocycles. The lowest BCUT2D eigenvalue weighted by Gasteiger charge is -2.08. The molecule has 0 spiro atoms. The van der Waals surface area contributed by atoms with Crippen molar-refractivity contribution in [2.75, 3.05) is 7.11 Å². The predicted octanol–water partition coefficient (Wildman–Crippen LogP) is 1.47. The third-order valence-electron chi connectivity index (χ3n) is 1.73. The largest absolute Gasteiger partial charge is 0.495 e. The van der Waals surface area contributed by atoms with E-state index in [-0.39, 0.29) is 10.6 Å². The van der Waals surface area contributed by atoms with Gasteiger partial charge in [0.05, 0.1) is 12.1 Å². The number of aliphatic hydroxyl groups excluding tert-OH is 1. The molecular weight excluding hydrogens is 208 g/mol. The molecule has 2 N–H and O–H groups in total. The number of methoxy groups -OCH3 is 1. The van der Waals surface area contributed by atoms with Crippen molar-refractivity contribution in [1.29, 1.82) is 0 Å². The molecule has 0 radical (unpaired) electrons. The van der Waals surface area contributed by atoms with Crippen LogP contribution < -0.4 is 4.74 Å². The number of benzene rings is 1. The molecule has 1 unspecified atom stereocenters. The third-order valence-corrected chi connectivity index (χ3v) is 2.02. The first-order chi connectivity index (χ1) is 6.56. The number of rotatable bonds is 3. The molecule has 0 fully saturated rings. The summed E-state index contributed by atoms with van der Waals surface area (Å²) in [5, 5.41) is 18.0. The molecule has 0 saturated carbocycles. The Balaban J connectivity index is 3.02. The molecule has 1 rings (SSSR count). The Morgan fingerprint density at radius 2 is 2.21 bits per heavy atom. The van der Waals surface area contributed by atoms with Crippen molar-refractivity contribution in [3.63, 3.8) is 0 Å². The Hall–Kier alpha value is -1.26. The predicted molar refractivity (Wildman–Crippen MR) is 50.6 cm³/mol. The van der Waals surface area contributed by atoms with Crippen molar-refractivity contribution < 1.29 is 19.7 Å². The van der Waals surface area contributed by atoms with Crippen molar-refractivity contribution in [2.24, 2.45) is 0 Å². The summed E-state index contributed by atoms with van der Waals surface area (Å²) >= 11 is 5.75. The molecule has 0 aliphatic heterocycles. The smallest absolute Gasteiger partial charge is 0.337 e. The van der Waals surface area contributed by atoms with Crippen LogP contribution in [-0.4, -0.2) is 23.3 Å². The monoisotopic (exact) mass is 216 g/mol. The summed E-state index contributed by atoms with van der Waals surface area (Å²) in [6, 6.07) is 4.31. The van der Waals surface area contributed by atoms with Gasteiger partial charge < -0.3 is 14.9 Å². The molecule has 0 aromatic heterocycles. The molecule has 76 valence electrons. The minimum atomic E-state index is -1.56. The summed E-state index contributed by atoms with van der Waals surface area (Å²) in [6.45, 7) is 0. The molecule has 0 aliphatic rings. The van der Waals surface area contributed by atoms with E-state index in [1.165, 1.54) is 25.3 Å². The van der Waals surface area contributed by atoms with Gasteiger partial charge in [-0.2, -0.15) is 0 Å². The van der Waals surface area contributed by atoms with Crippen molar-refractivity contribution >= 4 is 17.6 Å². The molecule has 0 heterocycles. The highest BCUT2D eigenvalue weighted by atomic mass is 35.5. The van der Waals surface area contributed by atoms with Crippen molar-refractivity contribution in [2.45, 2.75) is 6.10 Å². The van der Waals surface area contributed by atoms with E-state index in [1.54, 1.807) is 0 Å². The Bertz CT molecular complexity index is 351. The van der Waals surface area contributed by atoms with Gasteiger partial charge in [0.15, 0.2) is 6.10 Å². The highest BCUT2D eigenvalue weighted by Gasteiger charge is 2.16. The number of aliphatic hydroxyl groups is 1. The average molecular weight is 217 g/mol. The minimum absolute atomic E-state index is 0.225. The molecule has 14 heavy (non-hydrogen) atoms. The summed E-state index contributed by atoms with van der Waals surface area (Å²) in [7, 11) is 1.45. The molecule has 1 aromatic rings. The highest BCUT2D eigenvalue weighted by Crippen LogP contribution is 2.27. The Labute approximate surface area is 85.7 Å². The van der Waals surface area contributed by atoms with Crippen LogP contribution in [0, 0.1) is 0 Å². The van der Waals surface area contributed by atoms with Crippen LogP contribution >= 0.6 is 11.6 Å². The Kier molecular flexibility index (Phi) is 3.33. The topological polar surface area (TPSA) is 66.8 Å². The second-order valence-corrected chi connectivity index (χ2v) is 3.04. The Morgan fingerprint density at radius 3 is 2.64 bits per heavy atom. The van der Waals surface area contributed by atoms with E-state index in [0.717, 1.165) is 0 Å². The first-order valence-corrected chi connectivity index (χ1v) is 4.18. The zero-order valence-electron chi connectivity index (χ0n) is 7.40. The van der Waals surface area contributed by atoms with Gasteiger partial charge in [0, 0.05) is 0 Å². The van der Waals surface area contributed by atoms with Crippen LogP contribution in [0.5, 0.6) is 5.75 Å². The van der Waals surface area contributed by atoms with E-state index < -0.39 is 12.1 Å². The second kappa shape index (κ2) is 4.30. The number of carboxylic acid groups (broad SMARTS) is 1. The van der Waals surface area contributed by atoms with Crippen LogP contribution in [0.15, 0.2) is 18.2 Å². The van der Waals surface area contributed by atoms with Gasteiger partial charge in [0.2, 0.25) is 0 Å². The van der Waals surface area contributed by atoms with E-state index in [0.29, 0.717) is 5.75 Å². The van der Waals surface area contributed by atoms with E-state index in [1.807, 2.05) is 0 Å². The molecule has 1 aromatic carbocycles. The SMILES string of the molecule is COc1ccc(C(O)C(=O)O)cc1Cl. The lowest BCUT2D eigenvalue weighted by Crippen LogP contribution is -2.10. The fraction of sp³-hybridized carbons (Fsp3) is 0.222. The summed E-state index contributed by atoms with van der Waals surface area (Å²) in [5.74, 6) is -0.876. The number of ether oxygens (including phenoxy) is 1. The van der Waals surface area contributed by atoms with Crippen LogP contribution in [0.25, 0.3) is 0 Å². The van der Waals surface area contributed by atoms with Gasteiger partial charge in [-0.15, -0.1) is 0 Å². The molecule has 5 heteroatoms. The van der Waals surface area contributed by atoms with Crippen molar-refractivity contribution in [1.82, 2.24) is 0 Å². The van der Waals surface area contributed by atoms with Crippen LogP contribution in [0.2, 0.25) is 5.02 Å². The van der Waals surface area contributed by atoms with Gasteiger partial charge in [-0.3, -0.25) is 0 Å². The van der Waals surface area contributed by atoms with Gasteiger partial charge in [-0.05, 0) is 17.7 Å². The summed E-state index contributed by atoms with van der Waals surface area (Å²) in [6.07, 6.45) is -1.56. The van der Waals surface area contributed by atoms with Crippen LogP contribution in [0.4, 0.5) is 0 Å². The van der Waals surface area contributed by atoms with Crippen LogP contribution in [0.1, 0.15) is 11.7 Å². The molecule has 0 amide bonds. The van der Waals surface area contributed by atoms with Gasteiger partial charge in [-0.1, -0.05) is 17.7 Å². The second-order valence-electron chi connectivity index (χ2n) is 2.63. The summed E-state index contributed by atoms with van der Waals surface area (Å²) in [4.78, 5) is 10.4. The lowest BCUT2D eigenvalue weighted by molar-refractivity contribution is -0.146. The van der Waals surface area contributed by atoms with Gasteiger partial charge >= 0.3 is 5.97 Å². The molecule has 4 nitrogen and oxygen atoms in total. The van der Waals surface area contributed by atoms with E-state index in [2.05, 4.69) is 0 Å². The van der Waals surface area contributed by atoms with Crippen molar-refractivity contribution in [3.05, 3.63) is 28.8 Å². The summed E-state index contributed by atoms with van der Waals surface area (Å²) < 4.78 is 4.88. The third kappa shape index (κ3) is 2.16. The zero-order chi connectivity index (χ0) is 10.7. The normalized spacial score (nSPS) is 12.2.